The average molecular weight is 222 g/mol. The Hall–Kier alpha value is -0.570. The summed E-state index contributed by atoms with van der Waals surface area (Å²) < 4.78 is 0. The monoisotopic (exact) mass is 222 g/mol. The van der Waals surface area contributed by atoms with Gasteiger partial charge in [-0.05, 0) is 50.4 Å². The zero-order valence-corrected chi connectivity index (χ0v) is 9.99. The van der Waals surface area contributed by atoms with Crippen LogP contribution in [0.3, 0.4) is 0 Å². The predicted molar refractivity (Wildman–Crippen MR) is 62.6 cm³/mol. The minimum Gasteiger partial charge on any atom is -0.353 e. The largest absolute Gasteiger partial charge is 0.353 e. The molecule has 90 valence electrons. The van der Waals surface area contributed by atoms with Crippen LogP contribution in [0.1, 0.15) is 39.0 Å². The number of rotatable bonds is 3. The average Bonchev–Trinajstić information content (AvgIpc) is 2.71. The zero-order chi connectivity index (χ0) is 11.3. The molecule has 0 aromatic heterocycles. The number of amides is 1. The van der Waals surface area contributed by atoms with Gasteiger partial charge >= 0.3 is 0 Å². The maximum atomic E-state index is 11.8. The molecule has 0 heterocycles. The van der Waals surface area contributed by atoms with Crippen molar-refractivity contribution < 1.29 is 4.79 Å². The molecule has 0 aromatic rings. The Morgan fingerprint density at radius 1 is 1.31 bits per heavy atom. The number of nitrogens with two attached hydrogens (primary N) is 1. The van der Waals surface area contributed by atoms with Crippen LogP contribution in [-0.4, -0.2) is 18.0 Å². The first-order valence-electron chi connectivity index (χ1n) is 6.71. The Kier molecular flexibility index (Phi) is 2.46. The quantitative estimate of drug-likeness (QED) is 0.755. The molecular formula is C13H22N2O. The smallest absolute Gasteiger partial charge is 0.224 e. The van der Waals surface area contributed by atoms with E-state index in [1.807, 2.05) is 0 Å². The molecule has 3 saturated carbocycles. The lowest BCUT2D eigenvalue weighted by molar-refractivity contribution is -0.123. The van der Waals surface area contributed by atoms with Crippen molar-refractivity contribution in [2.75, 3.05) is 0 Å². The summed E-state index contributed by atoms with van der Waals surface area (Å²) in [6.07, 6.45) is 6.44. The van der Waals surface area contributed by atoms with Crippen LogP contribution < -0.4 is 11.1 Å². The first-order valence-corrected chi connectivity index (χ1v) is 6.71. The minimum absolute atomic E-state index is 0.112. The number of carbonyl (C=O) groups is 1. The third-order valence-corrected chi connectivity index (χ3v) is 4.98. The fourth-order valence-electron chi connectivity index (χ4n) is 3.86. The second-order valence-corrected chi connectivity index (χ2v) is 6.14. The molecule has 0 saturated heterocycles. The van der Waals surface area contributed by atoms with E-state index in [0.717, 1.165) is 24.2 Å². The summed E-state index contributed by atoms with van der Waals surface area (Å²) >= 11 is 0. The molecule has 6 unspecified atom stereocenters. The van der Waals surface area contributed by atoms with E-state index in [2.05, 4.69) is 12.2 Å². The van der Waals surface area contributed by atoms with Gasteiger partial charge in [0.1, 0.15) is 0 Å². The summed E-state index contributed by atoms with van der Waals surface area (Å²) in [6.45, 7) is 2.18. The van der Waals surface area contributed by atoms with Crippen molar-refractivity contribution in [3.63, 3.8) is 0 Å². The highest BCUT2D eigenvalue weighted by molar-refractivity contribution is 5.82. The third-order valence-electron chi connectivity index (χ3n) is 4.98. The van der Waals surface area contributed by atoms with Crippen LogP contribution in [-0.2, 0) is 4.79 Å². The van der Waals surface area contributed by atoms with Gasteiger partial charge < -0.3 is 11.1 Å². The Labute approximate surface area is 97.2 Å². The maximum absolute atomic E-state index is 11.8. The van der Waals surface area contributed by atoms with Gasteiger partial charge in [0.2, 0.25) is 5.91 Å². The van der Waals surface area contributed by atoms with Crippen molar-refractivity contribution in [1.29, 1.82) is 0 Å². The van der Waals surface area contributed by atoms with Crippen molar-refractivity contribution in [1.82, 2.24) is 5.32 Å². The Morgan fingerprint density at radius 3 is 2.56 bits per heavy atom. The molecule has 2 bridgehead atoms. The third kappa shape index (κ3) is 1.75. The van der Waals surface area contributed by atoms with Gasteiger partial charge in [-0.2, -0.15) is 0 Å². The molecule has 3 aliphatic carbocycles. The maximum Gasteiger partial charge on any atom is 0.224 e. The van der Waals surface area contributed by atoms with Crippen LogP contribution in [0.4, 0.5) is 0 Å². The summed E-state index contributed by atoms with van der Waals surface area (Å²) in [6, 6.07) is 0.489. The molecule has 0 aromatic carbocycles. The van der Waals surface area contributed by atoms with Crippen LogP contribution in [0.25, 0.3) is 0 Å². The van der Waals surface area contributed by atoms with Crippen molar-refractivity contribution in [2.24, 2.45) is 29.4 Å². The number of hydrogen-bond acceptors (Lipinski definition) is 2. The van der Waals surface area contributed by atoms with E-state index in [0.29, 0.717) is 6.04 Å². The highest BCUT2D eigenvalue weighted by Crippen LogP contribution is 2.49. The number of hydrogen-bond donors (Lipinski definition) is 2. The summed E-state index contributed by atoms with van der Waals surface area (Å²) in [5, 5.41) is 3.18. The van der Waals surface area contributed by atoms with Crippen LogP contribution >= 0.6 is 0 Å². The Bertz CT molecular complexity index is 304. The van der Waals surface area contributed by atoms with E-state index in [1.165, 1.54) is 25.7 Å². The van der Waals surface area contributed by atoms with Crippen LogP contribution in [0.2, 0.25) is 0 Å². The number of fused-ring (bicyclic) bond motifs is 2. The molecule has 3 rings (SSSR count). The molecule has 0 spiro atoms. The van der Waals surface area contributed by atoms with Gasteiger partial charge in [0, 0.05) is 12.1 Å². The first-order chi connectivity index (χ1) is 7.65. The summed E-state index contributed by atoms with van der Waals surface area (Å²) in [5.41, 5.74) is 5.70. The van der Waals surface area contributed by atoms with Crippen molar-refractivity contribution in [3.8, 4) is 0 Å². The lowest BCUT2D eigenvalue weighted by Crippen LogP contribution is -2.41. The molecule has 16 heavy (non-hydrogen) atoms. The molecule has 3 nitrogen and oxygen atoms in total. The van der Waals surface area contributed by atoms with Gasteiger partial charge in [0.25, 0.3) is 0 Å². The van der Waals surface area contributed by atoms with Crippen molar-refractivity contribution in [3.05, 3.63) is 0 Å². The fourth-order valence-corrected chi connectivity index (χ4v) is 3.86. The molecule has 3 N–H and O–H groups in total. The van der Waals surface area contributed by atoms with E-state index < -0.39 is 0 Å². The van der Waals surface area contributed by atoms with Gasteiger partial charge in [-0.15, -0.1) is 0 Å². The fraction of sp³-hybridized carbons (Fsp3) is 0.923. The lowest BCUT2D eigenvalue weighted by atomic mass is 9.84. The summed E-state index contributed by atoms with van der Waals surface area (Å²) in [7, 11) is 0. The Balaban J connectivity index is 1.53. The van der Waals surface area contributed by atoms with Crippen molar-refractivity contribution in [2.45, 2.75) is 51.1 Å². The Morgan fingerprint density at radius 2 is 2.06 bits per heavy atom. The molecule has 3 heteroatoms. The summed E-state index contributed by atoms with van der Waals surface area (Å²) in [5.74, 6) is 2.88. The molecular weight excluding hydrogens is 200 g/mol. The highest BCUT2D eigenvalue weighted by Gasteiger charge is 2.44. The summed E-state index contributed by atoms with van der Waals surface area (Å²) in [4.78, 5) is 11.8. The lowest BCUT2D eigenvalue weighted by Gasteiger charge is -2.28. The van der Waals surface area contributed by atoms with Crippen LogP contribution in [0, 0.1) is 23.7 Å². The van der Waals surface area contributed by atoms with Gasteiger partial charge in [-0.1, -0.05) is 6.42 Å². The second kappa shape index (κ2) is 3.73. The minimum atomic E-state index is 0.112. The molecule has 3 fully saturated rings. The van der Waals surface area contributed by atoms with E-state index in [4.69, 9.17) is 5.73 Å². The van der Waals surface area contributed by atoms with E-state index in [-0.39, 0.29) is 17.9 Å². The number of nitrogens with one attached hydrogen (secondary N) is 1. The van der Waals surface area contributed by atoms with Crippen LogP contribution in [0.15, 0.2) is 0 Å². The molecule has 3 aliphatic rings. The molecule has 0 aliphatic heterocycles. The predicted octanol–water partition coefficient (Wildman–Crippen LogP) is 1.27. The normalized spacial score (nSPS) is 46.8. The standard InChI is InChI=1S/C13H22N2O/c1-7(15-13(16)11-6-12(11)14)10-5-8-2-3-9(10)4-8/h7-12H,2-6,14H2,1H3,(H,15,16). The van der Waals surface area contributed by atoms with E-state index >= 15 is 0 Å². The van der Waals surface area contributed by atoms with Gasteiger partial charge in [0.15, 0.2) is 0 Å². The van der Waals surface area contributed by atoms with Crippen molar-refractivity contribution >= 4 is 5.91 Å². The first kappa shape index (κ1) is 10.6. The van der Waals surface area contributed by atoms with E-state index in [1.54, 1.807) is 0 Å². The number of carbonyl (C=O) groups excluding carboxylic acids is 1. The molecule has 0 radical (unpaired) electrons. The van der Waals surface area contributed by atoms with Gasteiger partial charge in [-0.25, -0.2) is 0 Å². The van der Waals surface area contributed by atoms with Gasteiger partial charge in [-0.3, -0.25) is 4.79 Å². The van der Waals surface area contributed by atoms with E-state index in [9.17, 15) is 4.79 Å². The SMILES string of the molecule is CC(NC(=O)C1CC1N)C1CC2CCC1C2. The zero-order valence-electron chi connectivity index (χ0n) is 9.99. The molecule has 1 amide bonds. The second-order valence-electron chi connectivity index (χ2n) is 6.14. The van der Waals surface area contributed by atoms with Crippen LogP contribution in [0.5, 0.6) is 0 Å². The topological polar surface area (TPSA) is 55.1 Å². The highest BCUT2D eigenvalue weighted by atomic mass is 16.2. The van der Waals surface area contributed by atoms with Gasteiger partial charge in [0.05, 0.1) is 5.92 Å². The molecule has 6 atom stereocenters.